The molecule has 1 N–H and O–H groups in total. The van der Waals surface area contributed by atoms with Gasteiger partial charge in [0.15, 0.2) is 0 Å². The van der Waals surface area contributed by atoms with Crippen LogP contribution in [-0.2, 0) is 5.60 Å². The lowest BCUT2D eigenvalue weighted by Crippen LogP contribution is -2.31. The van der Waals surface area contributed by atoms with Crippen LogP contribution >= 0.6 is 0 Å². The lowest BCUT2D eigenvalue weighted by Gasteiger charge is -2.27. The summed E-state index contributed by atoms with van der Waals surface area (Å²) in [6.45, 7) is 5.12. The SMILES string of the molecule is CCCN1CCCC(O)(c2ncc(OC)nc2OC)CC1. The minimum absolute atomic E-state index is 0.348. The van der Waals surface area contributed by atoms with Gasteiger partial charge >= 0.3 is 0 Å². The molecule has 0 aliphatic carbocycles. The molecule has 1 saturated heterocycles. The van der Waals surface area contributed by atoms with E-state index >= 15 is 0 Å². The highest BCUT2D eigenvalue weighted by Crippen LogP contribution is 2.36. The van der Waals surface area contributed by atoms with Gasteiger partial charge in [-0.25, -0.2) is 4.98 Å². The highest BCUT2D eigenvalue weighted by Gasteiger charge is 2.36. The smallest absolute Gasteiger partial charge is 0.241 e. The Morgan fingerprint density at radius 1 is 1.29 bits per heavy atom. The van der Waals surface area contributed by atoms with Crippen LogP contribution in [-0.4, -0.2) is 53.8 Å². The molecule has 2 rings (SSSR count). The van der Waals surface area contributed by atoms with Crippen LogP contribution in [0.5, 0.6) is 11.8 Å². The summed E-state index contributed by atoms with van der Waals surface area (Å²) in [6.07, 6.45) is 4.91. The van der Waals surface area contributed by atoms with Crippen molar-refractivity contribution in [1.29, 1.82) is 0 Å². The molecule has 2 heterocycles. The van der Waals surface area contributed by atoms with Crippen molar-refractivity contribution in [3.05, 3.63) is 11.9 Å². The Morgan fingerprint density at radius 2 is 2.10 bits per heavy atom. The molecule has 1 unspecified atom stereocenters. The zero-order valence-corrected chi connectivity index (χ0v) is 13.1. The van der Waals surface area contributed by atoms with Gasteiger partial charge in [0.1, 0.15) is 11.3 Å². The van der Waals surface area contributed by atoms with Crippen molar-refractivity contribution in [2.75, 3.05) is 33.9 Å². The third-order valence-electron chi connectivity index (χ3n) is 4.01. The predicted molar refractivity (Wildman–Crippen MR) is 79.6 cm³/mol. The first kappa shape index (κ1) is 16.0. The Hall–Kier alpha value is -1.40. The molecule has 1 atom stereocenters. The molecule has 0 bridgehead atoms. The van der Waals surface area contributed by atoms with E-state index in [0.717, 1.165) is 32.5 Å². The number of hydrogen-bond donors (Lipinski definition) is 1. The number of rotatable bonds is 5. The van der Waals surface area contributed by atoms with E-state index in [4.69, 9.17) is 9.47 Å². The van der Waals surface area contributed by atoms with Gasteiger partial charge in [-0.3, -0.25) is 0 Å². The van der Waals surface area contributed by atoms with Gasteiger partial charge in [0.2, 0.25) is 11.8 Å². The van der Waals surface area contributed by atoms with Crippen molar-refractivity contribution in [2.45, 2.75) is 38.2 Å². The summed E-state index contributed by atoms with van der Waals surface area (Å²) < 4.78 is 10.4. The zero-order chi connectivity index (χ0) is 15.3. The van der Waals surface area contributed by atoms with Gasteiger partial charge < -0.3 is 19.5 Å². The molecule has 0 radical (unpaired) electrons. The highest BCUT2D eigenvalue weighted by atomic mass is 16.5. The van der Waals surface area contributed by atoms with Gasteiger partial charge in [0.05, 0.1) is 20.4 Å². The van der Waals surface area contributed by atoms with Gasteiger partial charge in [-0.1, -0.05) is 6.92 Å². The summed E-state index contributed by atoms with van der Waals surface area (Å²) in [6, 6.07) is 0. The minimum Gasteiger partial charge on any atom is -0.480 e. The van der Waals surface area contributed by atoms with Crippen LogP contribution in [0.3, 0.4) is 0 Å². The van der Waals surface area contributed by atoms with E-state index in [2.05, 4.69) is 21.8 Å². The van der Waals surface area contributed by atoms with E-state index in [-0.39, 0.29) is 0 Å². The molecular weight excluding hydrogens is 270 g/mol. The minimum atomic E-state index is -0.979. The monoisotopic (exact) mass is 295 g/mol. The van der Waals surface area contributed by atoms with Crippen LogP contribution < -0.4 is 9.47 Å². The van der Waals surface area contributed by atoms with E-state index in [0.29, 0.717) is 30.3 Å². The van der Waals surface area contributed by atoms with Crippen LogP contribution in [0, 0.1) is 0 Å². The van der Waals surface area contributed by atoms with E-state index in [9.17, 15) is 5.11 Å². The Bertz CT molecular complexity index is 469. The average molecular weight is 295 g/mol. The van der Waals surface area contributed by atoms with Crippen LogP contribution in [0.25, 0.3) is 0 Å². The fourth-order valence-electron chi connectivity index (χ4n) is 2.87. The molecule has 21 heavy (non-hydrogen) atoms. The van der Waals surface area contributed by atoms with E-state index < -0.39 is 5.60 Å². The summed E-state index contributed by atoms with van der Waals surface area (Å²) in [4.78, 5) is 11.0. The normalized spacial score (nSPS) is 23.6. The quantitative estimate of drug-likeness (QED) is 0.889. The van der Waals surface area contributed by atoms with Gasteiger partial charge in [-0.05, 0) is 38.8 Å². The Balaban J connectivity index is 2.23. The van der Waals surface area contributed by atoms with Crippen molar-refractivity contribution in [1.82, 2.24) is 14.9 Å². The predicted octanol–water partition coefficient (Wildman–Crippen LogP) is 1.58. The van der Waals surface area contributed by atoms with Crippen molar-refractivity contribution in [3.63, 3.8) is 0 Å². The number of methoxy groups -OCH3 is 2. The molecule has 1 aromatic rings. The third kappa shape index (κ3) is 3.63. The standard InChI is InChI=1S/C15H25N3O3/c1-4-8-18-9-5-6-15(19,7-10-18)13-14(21-3)17-12(20-2)11-16-13/h11,19H,4-10H2,1-3H3. The molecule has 0 spiro atoms. The first-order chi connectivity index (χ1) is 10.1. The van der Waals surface area contributed by atoms with Crippen molar-refractivity contribution in [3.8, 4) is 11.8 Å². The first-order valence-corrected chi connectivity index (χ1v) is 7.53. The number of likely N-dealkylation sites (tertiary alicyclic amines) is 1. The van der Waals surface area contributed by atoms with Gasteiger partial charge in [-0.15, -0.1) is 0 Å². The number of nitrogens with zero attached hydrogens (tertiary/aromatic N) is 3. The van der Waals surface area contributed by atoms with E-state index in [1.54, 1.807) is 0 Å². The second-order valence-electron chi connectivity index (χ2n) is 5.50. The Morgan fingerprint density at radius 3 is 2.76 bits per heavy atom. The average Bonchev–Trinajstić information content (AvgIpc) is 2.70. The second-order valence-corrected chi connectivity index (χ2v) is 5.50. The van der Waals surface area contributed by atoms with Gasteiger partial charge in [0, 0.05) is 6.54 Å². The summed E-state index contributed by atoms with van der Waals surface area (Å²) in [5.41, 5.74) is -0.461. The number of ether oxygens (including phenoxy) is 2. The number of aliphatic hydroxyl groups is 1. The molecule has 0 amide bonds. The molecular formula is C15H25N3O3. The van der Waals surface area contributed by atoms with Gasteiger partial charge in [-0.2, -0.15) is 4.98 Å². The van der Waals surface area contributed by atoms with Crippen LogP contribution in [0.2, 0.25) is 0 Å². The summed E-state index contributed by atoms with van der Waals surface area (Å²) in [7, 11) is 3.07. The number of aromatic nitrogens is 2. The zero-order valence-electron chi connectivity index (χ0n) is 13.1. The van der Waals surface area contributed by atoms with Crippen molar-refractivity contribution >= 4 is 0 Å². The number of hydrogen-bond acceptors (Lipinski definition) is 6. The van der Waals surface area contributed by atoms with Crippen LogP contribution in [0.15, 0.2) is 6.20 Å². The molecule has 0 aromatic carbocycles. The maximum atomic E-state index is 11.0. The van der Waals surface area contributed by atoms with Crippen molar-refractivity contribution < 1.29 is 14.6 Å². The molecule has 0 saturated carbocycles. The molecule has 1 aliphatic heterocycles. The van der Waals surface area contributed by atoms with Gasteiger partial charge in [0.25, 0.3) is 0 Å². The molecule has 6 heteroatoms. The first-order valence-electron chi connectivity index (χ1n) is 7.53. The fourth-order valence-corrected chi connectivity index (χ4v) is 2.87. The fraction of sp³-hybridized carbons (Fsp3) is 0.733. The molecule has 118 valence electrons. The molecule has 1 aromatic heterocycles. The highest BCUT2D eigenvalue weighted by molar-refractivity contribution is 5.28. The molecule has 1 fully saturated rings. The van der Waals surface area contributed by atoms with E-state index in [1.807, 2.05) is 0 Å². The largest absolute Gasteiger partial charge is 0.480 e. The summed E-state index contributed by atoms with van der Waals surface area (Å²) in [5.74, 6) is 0.737. The molecule has 1 aliphatic rings. The summed E-state index contributed by atoms with van der Waals surface area (Å²) >= 11 is 0. The summed E-state index contributed by atoms with van der Waals surface area (Å²) in [5, 5.41) is 11.0. The lowest BCUT2D eigenvalue weighted by atomic mass is 9.91. The van der Waals surface area contributed by atoms with Crippen LogP contribution in [0.4, 0.5) is 0 Å². The maximum absolute atomic E-state index is 11.0. The van der Waals surface area contributed by atoms with Crippen LogP contribution in [0.1, 0.15) is 38.3 Å². The maximum Gasteiger partial charge on any atom is 0.241 e. The molecule has 6 nitrogen and oxygen atoms in total. The van der Waals surface area contributed by atoms with E-state index in [1.165, 1.54) is 20.4 Å². The third-order valence-corrected chi connectivity index (χ3v) is 4.01. The second kappa shape index (κ2) is 7.04. The Kier molecular flexibility index (Phi) is 5.36. The Labute approximate surface area is 126 Å². The lowest BCUT2D eigenvalue weighted by molar-refractivity contribution is 0.0138. The van der Waals surface area contributed by atoms with Crippen molar-refractivity contribution in [2.24, 2.45) is 0 Å². The topological polar surface area (TPSA) is 67.7 Å².